The second-order valence-corrected chi connectivity index (χ2v) is 6.87. The minimum absolute atomic E-state index is 0.0573. The number of β-amino-alcohol motifs (C(OH)–C–C–N with tert-alkyl or cyclic N) is 1. The molecule has 8 nitrogen and oxygen atoms in total. The quantitative estimate of drug-likeness (QED) is 0.456. The molecule has 1 aliphatic heterocycles. The van der Waals surface area contributed by atoms with Crippen molar-refractivity contribution in [2.75, 3.05) is 32.8 Å². The highest BCUT2D eigenvalue weighted by molar-refractivity contribution is 5.78. The van der Waals surface area contributed by atoms with Crippen LogP contribution in [0.25, 0.3) is 0 Å². The minimum atomic E-state index is -5.08. The van der Waals surface area contributed by atoms with Gasteiger partial charge in [-0.05, 0) is 37.8 Å². The normalized spacial score (nSPS) is 18.5. The first-order valence-electron chi connectivity index (χ1n) is 8.60. The minimum Gasteiger partial charge on any atom is -0.475 e. The number of alkyl halides is 3. The molecule has 0 spiro atoms. The molecule has 0 aliphatic carbocycles. The average molecular weight is 402 g/mol. The summed E-state index contributed by atoms with van der Waals surface area (Å²) in [6.07, 6.45) is -5.17. The Morgan fingerprint density at radius 1 is 1.19 bits per heavy atom. The summed E-state index contributed by atoms with van der Waals surface area (Å²) in [6.45, 7) is 7.23. The van der Waals surface area contributed by atoms with Gasteiger partial charge < -0.3 is 30.7 Å². The molecule has 11 heteroatoms. The zero-order chi connectivity index (χ0) is 21.2. The van der Waals surface area contributed by atoms with Gasteiger partial charge in [0.1, 0.15) is 6.10 Å². The Bertz CT molecular complexity index is 454. The van der Waals surface area contributed by atoms with E-state index < -0.39 is 30.3 Å². The molecule has 0 aromatic carbocycles. The molecule has 0 saturated carbocycles. The lowest BCUT2D eigenvalue weighted by atomic mass is 9.91. The molecule has 27 heavy (non-hydrogen) atoms. The summed E-state index contributed by atoms with van der Waals surface area (Å²) in [5.41, 5.74) is 5.10. The molecule has 1 saturated heterocycles. The lowest BCUT2D eigenvalue weighted by Gasteiger charge is -2.34. The summed E-state index contributed by atoms with van der Waals surface area (Å²) < 4.78 is 37.1. The van der Waals surface area contributed by atoms with Gasteiger partial charge in [0.2, 0.25) is 5.91 Å². The number of nitrogens with zero attached hydrogens (tertiary/aromatic N) is 1. The number of carboxylic acid groups (broad SMARTS) is 1. The zero-order valence-corrected chi connectivity index (χ0v) is 15.5. The first-order chi connectivity index (χ1) is 12.3. The van der Waals surface area contributed by atoms with Gasteiger partial charge in [0.15, 0.2) is 0 Å². The van der Waals surface area contributed by atoms with Gasteiger partial charge >= 0.3 is 12.1 Å². The highest BCUT2D eigenvalue weighted by Crippen LogP contribution is 2.20. The fourth-order valence-corrected chi connectivity index (χ4v) is 2.47. The number of carbonyl (C=O) groups excluding carboxylic acids is 1. The molecular formula is C16H29F3N2O6. The van der Waals surface area contributed by atoms with E-state index in [1.54, 1.807) is 0 Å². The lowest BCUT2D eigenvalue weighted by Crippen LogP contribution is -2.45. The van der Waals surface area contributed by atoms with Crippen LogP contribution in [0, 0.1) is 11.8 Å². The molecule has 1 rings (SSSR count). The molecule has 1 fully saturated rings. The molecule has 2 unspecified atom stereocenters. The smallest absolute Gasteiger partial charge is 0.475 e. The van der Waals surface area contributed by atoms with E-state index in [1.165, 1.54) is 0 Å². The topological polar surface area (TPSA) is 133 Å². The van der Waals surface area contributed by atoms with E-state index in [0.717, 1.165) is 25.9 Å². The number of likely N-dealkylation sites (tertiary alicyclic amines) is 1. The van der Waals surface area contributed by atoms with Crippen LogP contribution in [0.2, 0.25) is 0 Å². The Kier molecular flexibility index (Phi) is 11.5. The maximum atomic E-state index is 10.9. The van der Waals surface area contributed by atoms with Gasteiger partial charge in [-0.15, -0.1) is 0 Å². The molecular weight excluding hydrogens is 373 g/mol. The molecule has 0 aromatic rings. The predicted molar refractivity (Wildman–Crippen MR) is 89.7 cm³/mol. The van der Waals surface area contributed by atoms with E-state index in [0.29, 0.717) is 25.7 Å². The molecule has 160 valence electrons. The second kappa shape index (κ2) is 12.1. The zero-order valence-electron chi connectivity index (χ0n) is 15.5. The number of aliphatic carboxylic acids is 1. The fourth-order valence-electron chi connectivity index (χ4n) is 2.47. The van der Waals surface area contributed by atoms with Crippen molar-refractivity contribution >= 4 is 11.9 Å². The van der Waals surface area contributed by atoms with Crippen molar-refractivity contribution in [3.05, 3.63) is 0 Å². The number of rotatable bonds is 8. The molecule has 0 aromatic heterocycles. The molecule has 1 heterocycles. The number of primary amides is 1. The third-order valence-corrected chi connectivity index (χ3v) is 3.84. The van der Waals surface area contributed by atoms with Crippen molar-refractivity contribution in [1.82, 2.24) is 4.90 Å². The Hall–Kier alpha value is -1.43. The standard InChI is InChI=1S/C14H28N2O4.C2HF3O2/c1-10(2)8-20-9-12(17)7-16-5-3-11(4-6-16)13(18)14(15)19;3-2(4,5)1(6)7/h10-13,17-18H,3-9H2,1-2H3,(H2,15,19);(H,6,7). The number of carboxylic acids is 1. The molecule has 5 N–H and O–H groups in total. The molecule has 1 aliphatic rings. The van der Waals surface area contributed by atoms with Crippen molar-refractivity contribution in [1.29, 1.82) is 0 Å². The number of hydrogen-bond donors (Lipinski definition) is 4. The van der Waals surface area contributed by atoms with Crippen LogP contribution in [0.1, 0.15) is 26.7 Å². The Morgan fingerprint density at radius 3 is 2.04 bits per heavy atom. The number of hydrogen-bond acceptors (Lipinski definition) is 6. The van der Waals surface area contributed by atoms with Crippen LogP contribution in [0.5, 0.6) is 0 Å². The van der Waals surface area contributed by atoms with E-state index in [-0.39, 0.29) is 5.92 Å². The highest BCUT2D eigenvalue weighted by Gasteiger charge is 2.38. The average Bonchev–Trinajstić information content (AvgIpc) is 2.54. The van der Waals surface area contributed by atoms with E-state index in [1.807, 2.05) is 0 Å². The van der Waals surface area contributed by atoms with Crippen LogP contribution in [0.3, 0.4) is 0 Å². The highest BCUT2D eigenvalue weighted by atomic mass is 19.4. The Labute approximate surface area is 156 Å². The summed E-state index contributed by atoms with van der Waals surface area (Å²) in [6, 6.07) is 0. The van der Waals surface area contributed by atoms with Crippen LogP contribution in [-0.4, -0.2) is 83.3 Å². The van der Waals surface area contributed by atoms with E-state index >= 15 is 0 Å². The lowest BCUT2D eigenvalue weighted by molar-refractivity contribution is -0.192. The van der Waals surface area contributed by atoms with Crippen LogP contribution >= 0.6 is 0 Å². The first kappa shape index (κ1) is 25.6. The van der Waals surface area contributed by atoms with Crippen LogP contribution in [-0.2, 0) is 14.3 Å². The maximum absolute atomic E-state index is 10.9. The van der Waals surface area contributed by atoms with Gasteiger partial charge in [-0.3, -0.25) is 4.79 Å². The second-order valence-electron chi connectivity index (χ2n) is 6.87. The van der Waals surface area contributed by atoms with Gasteiger partial charge in [0.25, 0.3) is 0 Å². The van der Waals surface area contributed by atoms with Crippen LogP contribution < -0.4 is 5.73 Å². The van der Waals surface area contributed by atoms with E-state index in [4.69, 9.17) is 20.4 Å². The summed E-state index contributed by atoms with van der Waals surface area (Å²) in [7, 11) is 0. The summed E-state index contributed by atoms with van der Waals surface area (Å²) in [5.74, 6) is -3.00. The van der Waals surface area contributed by atoms with Crippen molar-refractivity contribution < 1.29 is 42.8 Å². The van der Waals surface area contributed by atoms with Gasteiger partial charge in [0.05, 0.1) is 12.7 Å². The largest absolute Gasteiger partial charge is 0.490 e. The van der Waals surface area contributed by atoms with Crippen LogP contribution in [0.4, 0.5) is 13.2 Å². The van der Waals surface area contributed by atoms with Gasteiger partial charge in [-0.1, -0.05) is 13.8 Å². The van der Waals surface area contributed by atoms with E-state index in [9.17, 15) is 28.2 Å². The predicted octanol–water partition coefficient (Wildman–Crippen LogP) is 0.211. The SMILES string of the molecule is CC(C)COCC(O)CN1CCC(C(O)C(N)=O)CC1.O=C(O)C(F)(F)F. The first-order valence-corrected chi connectivity index (χ1v) is 8.60. The van der Waals surface area contributed by atoms with Crippen molar-refractivity contribution in [2.45, 2.75) is 45.1 Å². The number of aliphatic hydroxyl groups is 2. The van der Waals surface area contributed by atoms with Gasteiger partial charge in [-0.2, -0.15) is 13.2 Å². The maximum Gasteiger partial charge on any atom is 0.490 e. The summed E-state index contributed by atoms with van der Waals surface area (Å²) in [4.78, 5) is 22.0. The van der Waals surface area contributed by atoms with Crippen molar-refractivity contribution in [3.8, 4) is 0 Å². The number of carbonyl (C=O) groups is 2. The summed E-state index contributed by atoms with van der Waals surface area (Å²) in [5, 5.41) is 26.6. The van der Waals surface area contributed by atoms with Crippen LogP contribution in [0.15, 0.2) is 0 Å². The number of piperidine rings is 1. The molecule has 1 amide bonds. The van der Waals surface area contributed by atoms with E-state index in [2.05, 4.69) is 18.7 Å². The number of aliphatic hydroxyl groups excluding tert-OH is 2. The number of amides is 1. The number of ether oxygens (including phenoxy) is 1. The van der Waals surface area contributed by atoms with Crippen molar-refractivity contribution in [3.63, 3.8) is 0 Å². The molecule has 0 radical (unpaired) electrons. The number of nitrogens with two attached hydrogens (primary N) is 1. The van der Waals surface area contributed by atoms with Crippen molar-refractivity contribution in [2.24, 2.45) is 17.6 Å². The molecule has 0 bridgehead atoms. The number of halogens is 3. The van der Waals surface area contributed by atoms with Gasteiger partial charge in [-0.25, -0.2) is 4.79 Å². The Morgan fingerprint density at radius 2 is 1.67 bits per heavy atom. The third kappa shape index (κ3) is 11.8. The molecule has 2 atom stereocenters. The monoisotopic (exact) mass is 402 g/mol. The fraction of sp³-hybridized carbons (Fsp3) is 0.875. The Balaban J connectivity index is 0.000000821. The van der Waals surface area contributed by atoms with Gasteiger partial charge in [0, 0.05) is 13.2 Å². The summed E-state index contributed by atoms with van der Waals surface area (Å²) >= 11 is 0. The third-order valence-electron chi connectivity index (χ3n) is 3.84.